The topological polar surface area (TPSA) is 92.7 Å². The van der Waals surface area contributed by atoms with Crippen molar-refractivity contribution >= 4 is 16.1 Å². The van der Waals surface area contributed by atoms with Gasteiger partial charge in [0.1, 0.15) is 12.5 Å². The minimum atomic E-state index is -4.00. The number of rotatable bonds is 6. The minimum absolute atomic E-state index is 0.0281. The van der Waals surface area contributed by atoms with Crippen LogP contribution in [0.1, 0.15) is 0 Å². The standard InChI is InChI=1S/C6H11NO5S/c1-2-6(8)12-4-3-7-5-13(9,10)11/h2,7H,1,3-5H2,(H,9,10,11). The smallest absolute Gasteiger partial charge is 0.330 e. The Kier molecular flexibility index (Phi) is 5.28. The summed E-state index contributed by atoms with van der Waals surface area (Å²) in [5, 5.41) is 2.36. The fourth-order valence-electron chi connectivity index (χ4n) is 0.484. The van der Waals surface area contributed by atoms with Gasteiger partial charge in [-0.1, -0.05) is 6.58 Å². The maximum Gasteiger partial charge on any atom is 0.330 e. The molecule has 0 aromatic heterocycles. The van der Waals surface area contributed by atoms with Gasteiger partial charge in [0, 0.05) is 12.6 Å². The zero-order valence-corrected chi connectivity index (χ0v) is 7.71. The highest BCUT2D eigenvalue weighted by molar-refractivity contribution is 7.85. The van der Waals surface area contributed by atoms with E-state index in [1.54, 1.807) is 0 Å². The van der Waals surface area contributed by atoms with Gasteiger partial charge in [0.05, 0.1) is 0 Å². The van der Waals surface area contributed by atoms with Crippen molar-refractivity contribution in [3.8, 4) is 0 Å². The second kappa shape index (κ2) is 5.68. The van der Waals surface area contributed by atoms with Crippen LogP contribution in [0.4, 0.5) is 0 Å². The molecule has 0 aliphatic carbocycles. The Hall–Kier alpha value is -0.920. The summed E-state index contributed by atoms with van der Waals surface area (Å²) in [5.74, 6) is -1.13. The van der Waals surface area contributed by atoms with Crippen LogP contribution in [0.5, 0.6) is 0 Å². The third kappa shape index (κ3) is 8.99. The summed E-state index contributed by atoms with van der Waals surface area (Å²) in [6.45, 7) is 3.35. The van der Waals surface area contributed by atoms with Gasteiger partial charge in [-0.2, -0.15) is 8.42 Å². The van der Waals surface area contributed by atoms with E-state index in [-0.39, 0.29) is 13.2 Å². The number of carbonyl (C=O) groups is 1. The summed E-state index contributed by atoms with van der Waals surface area (Å²) in [6.07, 6.45) is 1.00. The van der Waals surface area contributed by atoms with Crippen molar-refractivity contribution in [2.75, 3.05) is 19.0 Å². The van der Waals surface area contributed by atoms with Crippen molar-refractivity contribution in [2.24, 2.45) is 0 Å². The van der Waals surface area contributed by atoms with Crippen LogP contribution in [-0.4, -0.2) is 38.0 Å². The monoisotopic (exact) mass is 209 g/mol. The molecule has 13 heavy (non-hydrogen) atoms. The van der Waals surface area contributed by atoms with Gasteiger partial charge in [-0.25, -0.2) is 4.79 Å². The quantitative estimate of drug-likeness (QED) is 0.256. The molecule has 0 aliphatic rings. The highest BCUT2D eigenvalue weighted by Crippen LogP contribution is 1.79. The van der Waals surface area contributed by atoms with E-state index < -0.39 is 22.0 Å². The van der Waals surface area contributed by atoms with E-state index >= 15 is 0 Å². The maximum absolute atomic E-state index is 10.4. The van der Waals surface area contributed by atoms with E-state index in [9.17, 15) is 13.2 Å². The van der Waals surface area contributed by atoms with Crippen molar-refractivity contribution in [3.63, 3.8) is 0 Å². The molecular weight excluding hydrogens is 198 g/mol. The molecule has 76 valence electrons. The average molecular weight is 209 g/mol. The molecule has 0 rings (SSSR count). The summed E-state index contributed by atoms with van der Waals surface area (Å²) in [5.41, 5.74) is 0. The largest absolute Gasteiger partial charge is 0.461 e. The van der Waals surface area contributed by atoms with Gasteiger partial charge in [-0.05, 0) is 0 Å². The van der Waals surface area contributed by atoms with Crippen LogP contribution < -0.4 is 5.32 Å². The van der Waals surface area contributed by atoms with Crippen LogP contribution in [0.15, 0.2) is 12.7 Å². The summed E-state index contributed by atoms with van der Waals surface area (Å²) >= 11 is 0. The number of carbonyl (C=O) groups excluding carboxylic acids is 1. The average Bonchev–Trinajstić information content (AvgIpc) is 2.01. The third-order valence-electron chi connectivity index (χ3n) is 0.974. The van der Waals surface area contributed by atoms with Crippen LogP contribution in [0, 0.1) is 0 Å². The Balaban J connectivity index is 3.38. The van der Waals surface area contributed by atoms with E-state index in [2.05, 4.69) is 16.6 Å². The first-order valence-corrected chi connectivity index (χ1v) is 5.01. The van der Waals surface area contributed by atoms with Crippen molar-refractivity contribution in [1.29, 1.82) is 0 Å². The Morgan fingerprint density at radius 1 is 1.62 bits per heavy atom. The lowest BCUT2D eigenvalue weighted by Gasteiger charge is -2.02. The molecular formula is C6H11NO5S. The summed E-state index contributed by atoms with van der Waals surface area (Å²) in [4.78, 5) is 10.4. The molecule has 0 spiro atoms. The Morgan fingerprint density at radius 2 is 2.23 bits per heavy atom. The van der Waals surface area contributed by atoms with Gasteiger partial charge in [-0.15, -0.1) is 0 Å². The molecule has 7 heteroatoms. The number of nitrogens with one attached hydrogen (secondary N) is 1. The van der Waals surface area contributed by atoms with Crippen LogP contribution in [0.3, 0.4) is 0 Å². The maximum atomic E-state index is 10.4. The summed E-state index contributed by atoms with van der Waals surface area (Å²) in [6, 6.07) is 0. The van der Waals surface area contributed by atoms with Crippen molar-refractivity contribution in [2.45, 2.75) is 0 Å². The predicted octanol–water partition coefficient (Wildman–Crippen LogP) is -0.849. The van der Waals surface area contributed by atoms with Gasteiger partial charge >= 0.3 is 5.97 Å². The van der Waals surface area contributed by atoms with Gasteiger partial charge in [0.25, 0.3) is 10.1 Å². The summed E-state index contributed by atoms with van der Waals surface area (Å²) in [7, 11) is -4.00. The van der Waals surface area contributed by atoms with E-state index in [1.165, 1.54) is 0 Å². The molecule has 0 fully saturated rings. The van der Waals surface area contributed by atoms with Crippen LogP contribution in [0.25, 0.3) is 0 Å². The second-order valence-electron chi connectivity index (χ2n) is 2.10. The Bertz CT molecular complexity index is 271. The zero-order valence-electron chi connectivity index (χ0n) is 6.89. The molecule has 0 aromatic rings. The molecule has 0 amide bonds. The van der Waals surface area contributed by atoms with Crippen LogP contribution in [-0.2, 0) is 19.6 Å². The third-order valence-corrected chi connectivity index (χ3v) is 1.54. The highest BCUT2D eigenvalue weighted by atomic mass is 32.2. The molecule has 6 nitrogen and oxygen atoms in total. The molecule has 0 atom stereocenters. The minimum Gasteiger partial charge on any atom is -0.461 e. The van der Waals surface area contributed by atoms with E-state index in [4.69, 9.17) is 4.55 Å². The fourth-order valence-corrected chi connectivity index (χ4v) is 0.886. The van der Waals surface area contributed by atoms with E-state index in [1.807, 2.05) is 0 Å². The number of esters is 1. The molecule has 0 aliphatic heterocycles. The van der Waals surface area contributed by atoms with Crippen LogP contribution >= 0.6 is 0 Å². The Morgan fingerprint density at radius 3 is 2.69 bits per heavy atom. The van der Waals surface area contributed by atoms with Gasteiger partial charge in [0.2, 0.25) is 0 Å². The van der Waals surface area contributed by atoms with Crippen molar-refractivity contribution < 1.29 is 22.5 Å². The molecule has 0 saturated carbocycles. The lowest BCUT2D eigenvalue weighted by molar-refractivity contribution is -0.137. The second-order valence-corrected chi connectivity index (χ2v) is 3.55. The first kappa shape index (κ1) is 12.1. The van der Waals surface area contributed by atoms with Crippen molar-refractivity contribution in [3.05, 3.63) is 12.7 Å². The van der Waals surface area contributed by atoms with Crippen LogP contribution in [0.2, 0.25) is 0 Å². The Labute approximate surface area is 76.3 Å². The zero-order chi connectivity index (χ0) is 10.3. The molecule has 0 bridgehead atoms. The SMILES string of the molecule is C=CC(=O)OCCNCS(=O)(=O)O. The molecule has 2 N–H and O–H groups in total. The molecule has 0 heterocycles. The lowest BCUT2D eigenvalue weighted by atomic mass is 10.6. The van der Waals surface area contributed by atoms with Gasteiger partial charge < -0.3 is 4.74 Å². The molecule has 0 radical (unpaired) electrons. The fraction of sp³-hybridized carbons (Fsp3) is 0.500. The van der Waals surface area contributed by atoms with Crippen molar-refractivity contribution in [1.82, 2.24) is 5.32 Å². The molecule has 0 aromatic carbocycles. The number of hydrogen-bond donors (Lipinski definition) is 2. The normalized spacial score (nSPS) is 10.8. The highest BCUT2D eigenvalue weighted by Gasteiger charge is 2.02. The molecule has 0 unspecified atom stereocenters. The predicted molar refractivity (Wildman–Crippen MR) is 45.6 cm³/mol. The first-order valence-electron chi connectivity index (χ1n) is 3.41. The first-order chi connectivity index (χ1) is 5.95. The number of hydrogen-bond acceptors (Lipinski definition) is 5. The number of ether oxygens (including phenoxy) is 1. The van der Waals surface area contributed by atoms with Gasteiger partial charge in [-0.3, -0.25) is 9.87 Å². The van der Waals surface area contributed by atoms with Gasteiger partial charge in [0.15, 0.2) is 0 Å². The lowest BCUT2D eigenvalue weighted by Crippen LogP contribution is -2.26. The molecule has 0 saturated heterocycles. The summed E-state index contributed by atoms with van der Waals surface area (Å²) < 4.78 is 33.1. The van der Waals surface area contributed by atoms with E-state index in [0.717, 1.165) is 6.08 Å². The van der Waals surface area contributed by atoms with E-state index in [0.29, 0.717) is 0 Å².